The number of carbonyl (C=O) groups is 2. The van der Waals surface area contributed by atoms with E-state index in [9.17, 15) is 9.59 Å². The molecule has 9 heteroatoms. The fourth-order valence-electron chi connectivity index (χ4n) is 3.88. The fraction of sp³-hybridized carbons (Fsp3) is 0.435. The molecule has 0 atom stereocenters. The Morgan fingerprint density at radius 3 is 2.81 bits per heavy atom. The van der Waals surface area contributed by atoms with Gasteiger partial charge in [0.1, 0.15) is 10.8 Å². The summed E-state index contributed by atoms with van der Waals surface area (Å²) in [5, 5.41) is 4.23. The lowest BCUT2D eigenvalue weighted by molar-refractivity contribution is -0.113. The highest BCUT2D eigenvalue weighted by molar-refractivity contribution is 7.99. The standard InChI is InChI=1S/C23H27N3O4S2/c1-3-30-22(28)20-15-8-6-4-5-7-9-18(15)32-21(20)26-19(27)13-31-23-24-16-11-10-14(29-2)12-17(16)25-23/h10-12H,3-9,13H2,1-2H3,(H,24,25)(H,26,27). The van der Waals surface area contributed by atoms with Crippen molar-refractivity contribution in [3.63, 3.8) is 0 Å². The number of hydrogen-bond acceptors (Lipinski definition) is 7. The number of H-pyrrole nitrogens is 1. The van der Waals surface area contributed by atoms with Crippen molar-refractivity contribution in [3.05, 3.63) is 34.2 Å². The fourth-order valence-corrected chi connectivity index (χ4v) is 5.86. The molecule has 0 fully saturated rings. The molecular formula is C23H27N3O4S2. The molecule has 170 valence electrons. The first-order chi connectivity index (χ1) is 15.6. The van der Waals surface area contributed by atoms with E-state index in [1.807, 2.05) is 18.2 Å². The number of esters is 1. The number of carbonyl (C=O) groups excluding carboxylic acids is 2. The van der Waals surface area contributed by atoms with Crippen molar-refractivity contribution in [1.82, 2.24) is 9.97 Å². The van der Waals surface area contributed by atoms with E-state index in [0.29, 0.717) is 22.3 Å². The van der Waals surface area contributed by atoms with E-state index in [-0.39, 0.29) is 17.6 Å². The van der Waals surface area contributed by atoms with Gasteiger partial charge in [0.2, 0.25) is 5.91 Å². The molecule has 2 heterocycles. The van der Waals surface area contributed by atoms with E-state index in [0.717, 1.165) is 48.0 Å². The number of aryl methyl sites for hydroxylation is 1. The highest BCUT2D eigenvalue weighted by atomic mass is 32.2. The quantitative estimate of drug-likeness (QED) is 0.362. The largest absolute Gasteiger partial charge is 0.497 e. The normalized spacial score (nSPS) is 13.8. The number of rotatable bonds is 7. The van der Waals surface area contributed by atoms with Crippen molar-refractivity contribution in [1.29, 1.82) is 0 Å². The van der Waals surface area contributed by atoms with Crippen LogP contribution in [0.1, 0.15) is 53.4 Å². The first kappa shape index (κ1) is 22.7. The Bertz CT molecular complexity index is 1120. The number of thioether (sulfide) groups is 1. The molecule has 1 aliphatic rings. The minimum absolute atomic E-state index is 0.173. The van der Waals surface area contributed by atoms with Crippen molar-refractivity contribution in [2.24, 2.45) is 0 Å². The highest BCUT2D eigenvalue weighted by Gasteiger charge is 2.26. The Labute approximate surface area is 195 Å². The smallest absolute Gasteiger partial charge is 0.341 e. The molecule has 2 aromatic heterocycles. The Morgan fingerprint density at radius 2 is 2.03 bits per heavy atom. The summed E-state index contributed by atoms with van der Waals surface area (Å²) in [4.78, 5) is 34.4. The van der Waals surface area contributed by atoms with E-state index in [1.54, 1.807) is 14.0 Å². The predicted molar refractivity (Wildman–Crippen MR) is 128 cm³/mol. The van der Waals surface area contributed by atoms with Gasteiger partial charge >= 0.3 is 5.97 Å². The summed E-state index contributed by atoms with van der Waals surface area (Å²) in [6, 6.07) is 5.60. The summed E-state index contributed by atoms with van der Waals surface area (Å²) < 4.78 is 10.6. The van der Waals surface area contributed by atoms with E-state index < -0.39 is 0 Å². The zero-order valence-corrected chi connectivity index (χ0v) is 19.9. The molecule has 3 aromatic rings. The number of benzene rings is 1. The van der Waals surface area contributed by atoms with Crippen molar-refractivity contribution in [2.75, 3.05) is 24.8 Å². The number of aromatic amines is 1. The number of methoxy groups -OCH3 is 1. The van der Waals surface area contributed by atoms with Gasteiger partial charge < -0.3 is 19.8 Å². The maximum absolute atomic E-state index is 12.7. The van der Waals surface area contributed by atoms with Crippen LogP contribution in [0.2, 0.25) is 0 Å². The molecule has 1 aliphatic carbocycles. The van der Waals surface area contributed by atoms with Crippen LogP contribution in [0.3, 0.4) is 0 Å². The molecular weight excluding hydrogens is 446 g/mol. The Kier molecular flexibility index (Phi) is 7.36. The summed E-state index contributed by atoms with van der Waals surface area (Å²) in [5.41, 5.74) is 3.27. The second-order valence-electron chi connectivity index (χ2n) is 7.60. The number of thiophene rings is 1. The average molecular weight is 474 g/mol. The zero-order valence-electron chi connectivity index (χ0n) is 18.3. The third-order valence-electron chi connectivity index (χ3n) is 5.41. The molecule has 0 saturated carbocycles. The predicted octanol–water partition coefficient (Wildman–Crippen LogP) is 5.20. The molecule has 0 unspecified atom stereocenters. The minimum Gasteiger partial charge on any atom is -0.497 e. The van der Waals surface area contributed by atoms with Gasteiger partial charge in [-0.1, -0.05) is 24.6 Å². The number of nitrogens with one attached hydrogen (secondary N) is 2. The van der Waals surface area contributed by atoms with Gasteiger partial charge in [-0.3, -0.25) is 4.79 Å². The van der Waals surface area contributed by atoms with E-state index in [1.165, 1.54) is 40.8 Å². The van der Waals surface area contributed by atoms with Crippen LogP contribution in [0.5, 0.6) is 5.75 Å². The summed E-state index contributed by atoms with van der Waals surface area (Å²) in [6.45, 7) is 2.11. The molecule has 4 rings (SSSR count). The SMILES string of the molecule is CCOC(=O)c1c(NC(=O)CSc2nc3ccc(OC)cc3[nH]2)sc2c1CCCCCC2. The number of aromatic nitrogens is 2. The Morgan fingerprint density at radius 1 is 1.22 bits per heavy atom. The number of fused-ring (bicyclic) bond motifs is 2. The number of amides is 1. The number of anilines is 1. The van der Waals surface area contributed by atoms with Crippen molar-refractivity contribution < 1.29 is 19.1 Å². The van der Waals surface area contributed by atoms with E-state index in [2.05, 4.69) is 15.3 Å². The lowest BCUT2D eigenvalue weighted by atomic mass is 9.96. The Hall–Kier alpha value is -2.52. The van der Waals surface area contributed by atoms with E-state index >= 15 is 0 Å². The maximum atomic E-state index is 12.7. The molecule has 0 saturated heterocycles. The van der Waals surface area contributed by atoms with Gasteiger partial charge in [0.25, 0.3) is 0 Å². The van der Waals surface area contributed by atoms with Crippen LogP contribution >= 0.6 is 23.1 Å². The molecule has 2 N–H and O–H groups in total. The maximum Gasteiger partial charge on any atom is 0.341 e. The van der Waals surface area contributed by atoms with Crippen LogP contribution in [-0.2, 0) is 22.4 Å². The van der Waals surface area contributed by atoms with Gasteiger partial charge in [0.15, 0.2) is 5.16 Å². The molecule has 0 bridgehead atoms. The third-order valence-corrected chi connectivity index (χ3v) is 7.49. The molecule has 1 aromatic carbocycles. The van der Waals surface area contributed by atoms with Gasteiger partial charge in [-0.2, -0.15) is 0 Å². The summed E-state index contributed by atoms with van der Waals surface area (Å²) >= 11 is 2.84. The third kappa shape index (κ3) is 5.10. The van der Waals surface area contributed by atoms with Crippen molar-refractivity contribution in [2.45, 2.75) is 50.6 Å². The topological polar surface area (TPSA) is 93.3 Å². The van der Waals surface area contributed by atoms with Gasteiger partial charge in [0, 0.05) is 10.9 Å². The Balaban J connectivity index is 1.48. The minimum atomic E-state index is -0.347. The van der Waals surface area contributed by atoms with Crippen LogP contribution in [0.4, 0.5) is 5.00 Å². The molecule has 0 aliphatic heterocycles. The number of ether oxygens (including phenoxy) is 2. The first-order valence-corrected chi connectivity index (χ1v) is 12.7. The van der Waals surface area contributed by atoms with Crippen LogP contribution < -0.4 is 10.1 Å². The molecule has 1 amide bonds. The second kappa shape index (κ2) is 10.4. The summed E-state index contributed by atoms with van der Waals surface area (Å²) in [7, 11) is 1.62. The van der Waals surface area contributed by atoms with Crippen LogP contribution in [0.25, 0.3) is 11.0 Å². The van der Waals surface area contributed by atoms with Gasteiger partial charge in [-0.25, -0.2) is 9.78 Å². The summed E-state index contributed by atoms with van der Waals surface area (Å²) in [5.74, 6) is 0.407. The number of nitrogens with zero attached hydrogens (tertiary/aromatic N) is 1. The highest BCUT2D eigenvalue weighted by Crippen LogP contribution is 2.37. The lowest BCUT2D eigenvalue weighted by Gasteiger charge is -2.11. The molecule has 0 radical (unpaired) electrons. The van der Waals surface area contributed by atoms with E-state index in [4.69, 9.17) is 9.47 Å². The first-order valence-electron chi connectivity index (χ1n) is 10.9. The van der Waals surface area contributed by atoms with Crippen LogP contribution in [0, 0.1) is 0 Å². The molecule has 0 spiro atoms. The van der Waals surface area contributed by atoms with Gasteiger partial charge in [-0.05, 0) is 50.3 Å². The summed E-state index contributed by atoms with van der Waals surface area (Å²) in [6.07, 6.45) is 6.33. The number of hydrogen-bond donors (Lipinski definition) is 2. The monoisotopic (exact) mass is 473 g/mol. The van der Waals surface area contributed by atoms with Gasteiger partial charge in [0.05, 0.1) is 36.1 Å². The molecule has 7 nitrogen and oxygen atoms in total. The second-order valence-corrected chi connectivity index (χ2v) is 9.67. The van der Waals surface area contributed by atoms with Crippen molar-refractivity contribution >= 4 is 51.0 Å². The molecule has 32 heavy (non-hydrogen) atoms. The van der Waals surface area contributed by atoms with Crippen molar-refractivity contribution in [3.8, 4) is 5.75 Å². The van der Waals surface area contributed by atoms with Gasteiger partial charge in [-0.15, -0.1) is 11.3 Å². The lowest BCUT2D eigenvalue weighted by Crippen LogP contribution is -2.17. The van der Waals surface area contributed by atoms with Crippen LogP contribution in [-0.4, -0.2) is 41.3 Å². The van der Waals surface area contributed by atoms with Crippen LogP contribution in [0.15, 0.2) is 23.4 Å². The number of imidazole rings is 1. The zero-order chi connectivity index (χ0) is 22.5. The average Bonchev–Trinajstić information content (AvgIpc) is 3.32.